The van der Waals surface area contributed by atoms with Crippen LogP contribution in [-0.2, 0) is 32.6 Å². The molecule has 2 rings (SSSR count). The summed E-state index contributed by atoms with van der Waals surface area (Å²) >= 11 is 0. The SMILES string of the molecule is CCNC(=O)[C@@H](CC)N(Cc1ccc(F)cc1)C(=O)CCCN(c1ccc(CC)cc1)S(C)(=O)=O. The van der Waals surface area contributed by atoms with Crippen LogP contribution in [0.2, 0.25) is 0 Å². The van der Waals surface area contributed by atoms with Crippen LogP contribution in [0.3, 0.4) is 0 Å². The molecule has 0 saturated heterocycles. The van der Waals surface area contributed by atoms with Crippen LogP contribution in [0.1, 0.15) is 51.2 Å². The summed E-state index contributed by atoms with van der Waals surface area (Å²) in [7, 11) is -3.54. The minimum absolute atomic E-state index is 0.0656. The van der Waals surface area contributed by atoms with E-state index in [1.807, 2.05) is 32.9 Å². The number of carbonyl (C=O) groups is 2. The highest BCUT2D eigenvalue weighted by molar-refractivity contribution is 7.92. The van der Waals surface area contributed by atoms with Gasteiger partial charge < -0.3 is 10.2 Å². The monoisotopic (exact) mass is 505 g/mol. The molecule has 0 aliphatic carbocycles. The molecule has 0 aliphatic rings. The van der Waals surface area contributed by atoms with E-state index in [-0.39, 0.29) is 43.6 Å². The van der Waals surface area contributed by atoms with Gasteiger partial charge in [0, 0.05) is 26.1 Å². The number of rotatable bonds is 13. The Balaban J connectivity index is 2.18. The minimum atomic E-state index is -3.54. The third-order valence-corrected chi connectivity index (χ3v) is 6.98. The molecule has 2 aromatic carbocycles. The van der Waals surface area contributed by atoms with Gasteiger partial charge in [0.25, 0.3) is 0 Å². The zero-order valence-electron chi connectivity index (χ0n) is 21.0. The topological polar surface area (TPSA) is 86.8 Å². The highest BCUT2D eigenvalue weighted by Crippen LogP contribution is 2.20. The number of nitrogens with zero attached hydrogens (tertiary/aromatic N) is 2. The predicted molar refractivity (Wildman–Crippen MR) is 137 cm³/mol. The predicted octanol–water partition coefficient (Wildman–Crippen LogP) is 3.88. The molecule has 0 spiro atoms. The Morgan fingerprint density at radius 1 is 0.971 bits per heavy atom. The van der Waals surface area contributed by atoms with Crippen molar-refractivity contribution in [1.29, 1.82) is 0 Å². The average molecular weight is 506 g/mol. The van der Waals surface area contributed by atoms with Gasteiger partial charge in [-0.05, 0) is 61.6 Å². The van der Waals surface area contributed by atoms with Gasteiger partial charge in [0.2, 0.25) is 21.8 Å². The molecule has 192 valence electrons. The molecule has 9 heteroatoms. The van der Waals surface area contributed by atoms with Gasteiger partial charge in [0.1, 0.15) is 11.9 Å². The third-order valence-electron chi connectivity index (χ3n) is 5.79. The fourth-order valence-corrected chi connectivity index (χ4v) is 4.87. The molecule has 0 unspecified atom stereocenters. The van der Waals surface area contributed by atoms with E-state index in [9.17, 15) is 22.4 Å². The summed E-state index contributed by atoms with van der Waals surface area (Å²) in [4.78, 5) is 27.4. The fourth-order valence-electron chi connectivity index (χ4n) is 3.90. The van der Waals surface area contributed by atoms with Crippen molar-refractivity contribution in [2.75, 3.05) is 23.7 Å². The first kappa shape index (κ1) is 28.3. The molecule has 0 bridgehead atoms. The Morgan fingerprint density at radius 2 is 1.57 bits per heavy atom. The maximum absolute atomic E-state index is 13.4. The van der Waals surface area contributed by atoms with E-state index in [1.54, 1.807) is 24.3 Å². The van der Waals surface area contributed by atoms with Crippen molar-refractivity contribution < 1.29 is 22.4 Å². The Morgan fingerprint density at radius 3 is 2.09 bits per heavy atom. The summed E-state index contributed by atoms with van der Waals surface area (Å²) in [6.45, 7) is 6.40. The van der Waals surface area contributed by atoms with Gasteiger partial charge in [-0.2, -0.15) is 0 Å². The second kappa shape index (κ2) is 13.2. The van der Waals surface area contributed by atoms with Gasteiger partial charge in [0.05, 0.1) is 11.9 Å². The van der Waals surface area contributed by atoms with Gasteiger partial charge in [-0.1, -0.05) is 38.1 Å². The first-order chi connectivity index (χ1) is 16.6. The standard InChI is InChI=1S/C26H36FN3O4S/c1-5-20-12-16-23(17-13-20)30(35(4,33)34)18-8-9-25(31)29(24(6-2)26(32)28-7-3)19-21-10-14-22(27)15-11-21/h10-17,24H,5-9,18-19H2,1-4H3,(H,28,32)/t24-/m1/s1. The van der Waals surface area contributed by atoms with Gasteiger partial charge in [-0.3, -0.25) is 13.9 Å². The number of halogens is 1. The van der Waals surface area contributed by atoms with E-state index in [0.717, 1.165) is 18.2 Å². The van der Waals surface area contributed by atoms with Crippen LogP contribution in [0.5, 0.6) is 0 Å². The molecule has 0 saturated carbocycles. The minimum Gasteiger partial charge on any atom is -0.355 e. The number of amides is 2. The number of benzene rings is 2. The number of aryl methyl sites for hydroxylation is 1. The van der Waals surface area contributed by atoms with Crippen LogP contribution >= 0.6 is 0 Å². The third kappa shape index (κ3) is 8.35. The first-order valence-electron chi connectivity index (χ1n) is 12.0. The van der Waals surface area contributed by atoms with E-state index in [1.165, 1.54) is 21.3 Å². The summed E-state index contributed by atoms with van der Waals surface area (Å²) in [6, 6.07) is 12.5. The Labute approximate surface area is 208 Å². The Hall–Kier alpha value is -2.94. The molecule has 2 amide bonds. The number of anilines is 1. The van der Waals surface area contributed by atoms with Crippen LogP contribution in [0, 0.1) is 5.82 Å². The molecule has 1 atom stereocenters. The molecule has 35 heavy (non-hydrogen) atoms. The molecular formula is C26H36FN3O4S. The smallest absolute Gasteiger partial charge is 0.242 e. The van der Waals surface area contributed by atoms with Gasteiger partial charge >= 0.3 is 0 Å². The van der Waals surface area contributed by atoms with Gasteiger partial charge in [-0.25, -0.2) is 12.8 Å². The van der Waals surface area contributed by atoms with E-state index in [0.29, 0.717) is 24.2 Å². The highest BCUT2D eigenvalue weighted by atomic mass is 32.2. The van der Waals surface area contributed by atoms with Crippen molar-refractivity contribution in [3.05, 3.63) is 65.5 Å². The van der Waals surface area contributed by atoms with E-state index in [2.05, 4.69) is 5.32 Å². The molecular weight excluding hydrogens is 469 g/mol. The first-order valence-corrected chi connectivity index (χ1v) is 13.8. The van der Waals surface area contributed by atoms with Crippen LogP contribution < -0.4 is 9.62 Å². The number of likely N-dealkylation sites (N-methyl/N-ethyl adjacent to an activating group) is 1. The maximum atomic E-state index is 13.4. The summed E-state index contributed by atoms with van der Waals surface area (Å²) in [5.41, 5.74) is 2.36. The quantitative estimate of drug-likeness (QED) is 0.448. The summed E-state index contributed by atoms with van der Waals surface area (Å²) < 4.78 is 39.5. The van der Waals surface area contributed by atoms with Crippen LogP contribution in [0.15, 0.2) is 48.5 Å². The molecule has 0 fully saturated rings. The second-order valence-electron chi connectivity index (χ2n) is 8.43. The zero-order chi connectivity index (χ0) is 26.0. The Kier molecular flexibility index (Phi) is 10.7. The van der Waals surface area contributed by atoms with Crippen molar-refractivity contribution in [3.63, 3.8) is 0 Å². The number of hydrogen-bond donors (Lipinski definition) is 1. The van der Waals surface area contributed by atoms with E-state index in [4.69, 9.17) is 0 Å². The highest BCUT2D eigenvalue weighted by Gasteiger charge is 2.28. The van der Waals surface area contributed by atoms with E-state index >= 15 is 0 Å². The van der Waals surface area contributed by atoms with Crippen molar-refractivity contribution in [1.82, 2.24) is 10.2 Å². The molecule has 0 aromatic heterocycles. The lowest BCUT2D eigenvalue weighted by Gasteiger charge is -2.31. The van der Waals surface area contributed by atoms with Crippen molar-refractivity contribution in [3.8, 4) is 0 Å². The van der Waals surface area contributed by atoms with Crippen LogP contribution in [0.25, 0.3) is 0 Å². The number of carbonyl (C=O) groups excluding carboxylic acids is 2. The lowest BCUT2D eigenvalue weighted by atomic mass is 10.1. The normalized spacial score (nSPS) is 12.1. The summed E-state index contributed by atoms with van der Waals surface area (Å²) in [5, 5.41) is 2.77. The summed E-state index contributed by atoms with van der Waals surface area (Å²) in [6.07, 6.45) is 2.76. The number of sulfonamides is 1. The van der Waals surface area contributed by atoms with Crippen molar-refractivity contribution >= 4 is 27.5 Å². The number of nitrogens with one attached hydrogen (secondary N) is 1. The largest absolute Gasteiger partial charge is 0.355 e. The van der Waals surface area contributed by atoms with Crippen molar-refractivity contribution in [2.24, 2.45) is 0 Å². The zero-order valence-corrected chi connectivity index (χ0v) is 21.8. The maximum Gasteiger partial charge on any atom is 0.242 e. The van der Waals surface area contributed by atoms with Crippen LogP contribution in [0.4, 0.5) is 10.1 Å². The molecule has 7 nitrogen and oxygen atoms in total. The lowest BCUT2D eigenvalue weighted by Crippen LogP contribution is -2.49. The molecule has 0 heterocycles. The van der Waals surface area contributed by atoms with Crippen LogP contribution in [-0.4, -0.2) is 50.5 Å². The molecule has 2 aromatic rings. The Bertz CT molecular complexity index is 1070. The van der Waals surface area contributed by atoms with Crippen molar-refractivity contribution in [2.45, 2.75) is 59.0 Å². The average Bonchev–Trinajstić information content (AvgIpc) is 2.82. The summed E-state index contributed by atoms with van der Waals surface area (Å²) in [5.74, 6) is -0.892. The number of hydrogen-bond acceptors (Lipinski definition) is 4. The molecule has 0 aliphatic heterocycles. The fraction of sp³-hybridized carbons (Fsp3) is 0.462. The molecule has 0 radical (unpaired) electrons. The van der Waals surface area contributed by atoms with Gasteiger partial charge in [0.15, 0.2) is 0 Å². The van der Waals surface area contributed by atoms with E-state index < -0.39 is 16.1 Å². The van der Waals surface area contributed by atoms with Gasteiger partial charge in [-0.15, -0.1) is 0 Å². The lowest BCUT2D eigenvalue weighted by molar-refractivity contribution is -0.141. The second-order valence-corrected chi connectivity index (χ2v) is 10.3. The molecule has 1 N–H and O–H groups in total.